The predicted octanol–water partition coefficient (Wildman–Crippen LogP) is 4.00. The second-order valence-corrected chi connectivity index (χ2v) is 7.44. The van der Waals surface area contributed by atoms with Crippen LogP contribution in [-0.4, -0.2) is 9.97 Å². The van der Waals surface area contributed by atoms with Crippen molar-refractivity contribution < 1.29 is 8.83 Å². The van der Waals surface area contributed by atoms with E-state index in [1.54, 1.807) is 36.4 Å². The van der Waals surface area contributed by atoms with Crippen molar-refractivity contribution in [2.45, 2.75) is 12.8 Å². The van der Waals surface area contributed by atoms with Gasteiger partial charge in [-0.15, -0.1) is 0 Å². The normalized spacial score (nSPS) is 11.3. The third-order valence-corrected chi connectivity index (χ3v) is 4.81. The Morgan fingerprint density at radius 2 is 1.15 bits per heavy atom. The first-order chi connectivity index (χ1) is 12.5. The molecule has 0 amide bonds. The van der Waals surface area contributed by atoms with Gasteiger partial charge in [0.05, 0.1) is 21.8 Å². The van der Waals surface area contributed by atoms with E-state index in [0.29, 0.717) is 34.6 Å². The van der Waals surface area contributed by atoms with Crippen LogP contribution in [0.2, 0.25) is 0 Å². The number of rotatable bonds is 3. The molecule has 0 spiro atoms. The van der Waals surface area contributed by atoms with Gasteiger partial charge >= 0.3 is 11.3 Å². The molecule has 26 heavy (non-hydrogen) atoms. The van der Waals surface area contributed by atoms with E-state index in [9.17, 15) is 9.59 Å². The van der Waals surface area contributed by atoms with Crippen molar-refractivity contribution in [3.8, 4) is 0 Å². The Hall–Kier alpha value is -2.32. The van der Waals surface area contributed by atoms with Gasteiger partial charge in [0.15, 0.2) is 11.8 Å². The first-order valence-electron chi connectivity index (χ1n) is 7.68. The highest BCUT2D eigenvalue weighted by Crippen LogP contribution is 2.18. The Morgan fingerprint density at radius 3 is 1.58 bits per heavy atom. The number of nitrogens with zero attached hydrogens (tertiary/aromatic N) is 2. The van der Waals surface area contributed by atoms with Crippen molar-refractivity contribution >= 4 is 53.7 Å². The molecule has 2 aromatic carbocycles. The monoisotopic (exact) mass is 476 g/mol. The van der Waals surface area contributed by atoms with Gasteiger partial charge in [-0.25, -0.2) is 19.6 Å². The van der Waals surface area contributed by atoms with Gasteiger partial charge in [-0.05, 0) is 36.4 Å². The summed E-state index contributed by atoms with van der Waals surface area (Å²) in [5.74, 6) is 0.537. The van der Waals surface area contributed by atoms with Gasteiger partial charge in [0.2, 0.25) is 0 Å². The Morgan fingerprint density at radius 1 is 0.731 bits per heavy atom. The molecule has 4 aromatic rings. The molecule has 0 saturated heterocycles. The number of halogens is 2. The van der Waals surface area contributed by atoms with E-state index in [2.05, 4.69) is 41.8 Å². The summed E-state index contributed by atoms with van der Waals surface area (Å²) in [7, 11) is 0. The quantitative estimate of drug-likeness (QED) is 0.443. The molecule has 2 heterocycles. The molecule has 0 bridgehead atoms. The van der Waals surface area contributed by atoms with Crippen molar-refractivity contribution in [1.82, 2.24) is 9.97 Å². The summed E-state index contributed by atoms with van der Waals surface area (Å²) in [5.41, 5.74) is 0.197. The van der Waals surface area contributed by atoms with Crippen molar-refractivity contribution in [1.29, 1.82) is 0 Å². The minimum Gasteiger partial charge on any atom is -0.408 e. The summed E-state index contributed by atoms with van der Waals surface area (Å²) in [6.07, 6.45) is 0.582. The molecule has 0 N–H and O–H groups in total. The van der Waals surface area contributed by atoms with E-state index in [0.717, 1.165) is 8.95 Å². The highest BCUT2D eigenvalue weighted by Gasteiger charge is 2.11. The van der Waals surface area contributed by atoms with Crippen LogP contribution in [0.5, 0.6) is 0 Å². The summed E-state index contributed by atoms with van der Waals surface area (Å²) >= 11 is 6.63. The minimum absolute atomic E-state index is 0.269. The lowest BCUT2D eigenvalue weighted by Gasteiger charge is -2.03. The molecular weight excluding hydrogens is 468 g/mol. The van der Waals surface area contributed by atoms with Gasteiger partial charge in [0.25, 0.3) is 0 Å². The van der Waals surface area contributed by atoms with Gasteiger partial charge in [0.1, 0.15) is 0 Å². The van der Waals surface area contributed by atoms with Gasteiger partial charge in [0, 0.05) is 21.8 Å². The molecule has 6 nitrogen and oxygen atoms in total. The molecule has 2 aromatic heterocycles. The van der Waals surface area contributed by atoms with Crippen LogP contribution in [-0.2, 0) is 12.8 Å². The highest BCUT2D eigenvalue weighted by atomic mass is 79.9. The standard InChI is InChI=1S/C18H10Br2N2O4/c19-9-1-3-13-11(7-9)17(23)25-15(21-13)5-6-16-22-14-4-2-10(20)8-12(14)18(24)26-16/h1-4,7-8H,5-6H2. The topological polar surface area (TPSA) is 86.2 Å². The molecule has 4 rings (SSSR count). The van der Waals surface area contributed by atoms with E-state index in [4.69, 9.17) is 8.83 Å². The van der Waals surface area contributed by atoms with Crippen LogP contribution < -0.4 is 11.3 Å². The van der Waals surface area contributed by atoms with Gasteiger partial charge in [-0.1, -0.05) is 31.9 Å². The fourth-order valence-electron chi connectivity index (χ4n) is 2.60. The Bertz CT molecular complexity index is 1160. The lowest BCUT2D eigenvalue weighted by Crippen LogP contribution is -2.09. The van der Waals surface area contributed by atoms with Crippen molar-refractivity contribution in [2.75, 3.05) is 0 Å². The van der Waals surface area contributed by atoms with E-state index in [1.165, 1.54) is 0 Å². The molecule has 0 aliphatic carbocycles. The van der Waals surface area contributed by atoms with Gasteiger partial charge in [-0.3, -0.25) is 0 Å². The highest BCUT2D eigenvalue weighted by molar-refractivity contribution is 9.10. The zero-order chi connectivity index (χ0) is 18.3. The van der Waals surface area contributed by atoms with Crippen LogP contribution in [0.15, 0.2) is 63.8 Å². The molecule has 0 unspecified atom stereocenters. The number of aryl methyl sites for hydroxylation is 2. The summed E-state index contributed by atoms with van der Waals surface area (Å²) in [5, 5.41) is 0.813. The van der Waals surface area contributed by atoms with Crippen LogP contribution in [0.4, 0.5) is 0 Å². The molecular formula is C18H10Br2N2O4. The maximum absolute atomic E-state index is 12.1. The maximum Gasteiger partial charge on any atom is 0.346 e. The smallest absolute Gasteiger partial charge is 0.346 e. The lowest BCUT2D eigenvalue weighted by molar-refractivity contribution is 0.410. The molecule has 0 aliphatic heterocycles. The molecule has 0 atom stereocenters. The van der Waals surface area contributed by atoms with Crippen LogP contribution in [0.25, 0.3) is 21.8 Å². The fourth-order valence-corrected chi connectivity index (χ4v) is 3.33. The first kappa shape index (κ1) is 17.1. The number of fused-ring (bicyclic) bond motifs is 2. The SMILES string of the molecule is O=c1oc(CCc2nc3ccc(Br)cc3c(=O)o2)nc2ccc(Br)cc12. The first-order valence-corrected chi connectivity index (χ1v) is 9.27. The van der Waals surface area contributed by atoms with Crippen LogP contribution >= 0.6 is 31.9 Å². The van der Waals surface area contributed by atoms with E-state index >= 15 is 0 Å². The second-order valence-electron chi connectivity index (χ2n) is 5.61. The Kier molecular flexibility index (Phi) is 4.46. The van der Waals surface area contributed by atoms with Gasteiger partial charge in [-0.2, -0.15) is 0 Å². The van der Waals surface area contributed by atoms with Gasteiger partial charge < -0.3 is 8.83 Å². The van der Waals surface area contributed by atoms with Crippen molar-refractivity contribution in [3.63, 3.8) is 0 Å². The van der Waals surface area contributed by atoms with Crippen LogP contribution in [0.3, 0.4) is 0 Å². The zero-order valence-corrected chi connectivity index (χ0v) is 16.3. The molecule has 0 saturated carbocycles. The third kappa shape index (κ3) is 3.34. The summed E-state index contributed by atoms with van der Waals surface area (Å²) in [4.78, 5) is 32.9. The number of aromatic nitrogens is 2. The number of hydrogen-bond acceptors (Lipinski definition) is 6. The summed E-state index contributed by atoms with van der Waals surface area (Å²) in [6, 6.07) is 10.4. The van der Waals surface area contributed by atoms with Crippen molar-refractivity contribution in [3.05, 3.63) is 78.0 Å². The lowest BCUT2D eigenvalue weighted by atomic mass is 10.2. The average molecular weight is 478 g/mol. The summed E-state index contributed by atoms with van der Waals surface area (Å²) < 4.78 is 12.1. The predicted molar refractivity (Wildman–Crippen MR) is 103 cm³/mol. The minimum atomic E-state index is -0.455. The van der Waals surface area contributed by atoms with Crippen LogP contribution in [0, 0.1) is 0 Å². The van der Waals surface area contributed by atoms with Crippen LogP contribution in [0.1, 0.15) is 11.8 Å². The van der Waals surface area contributed by atoms with Crippen molar-refractivity contribution in [2.24, 2.45) is 0 Å². The molecule has 0 radical (unpaired) electrons. The second kappa shape index (κ2) is 6.77. The fraction of sp³-hybridized carbons (Fsp3) is 0.111. The van der Waals surface area contributed by atoms with E-state index < -0.39 is 11.3 Å². The molecule has 0 aliphatic rings. The molecule has 8 heteroatoms. The molecule has 0 fully saturated rings. The third-order valence-electron chi connectivity index (χ3n) is 3.82. The summed E-state index contributed by atoms with van der Waals surface area (Å²) in [6.45, 7) is 0. The zero-order valence-electron chi connectivity index (χ0n) is 13.2. The largest absolute Gasteiger partial charge is 0.408 e. The molecule has 130 valence electrons. The Labute approximate surface area is 163 Å². The Balaban J connectivity index is 1.65. The van der Waals surface area contributed by atoms with E-state index in [-0.39, 0.29) is 11.8 Å². The average Bonchev–Trinajstić information content (AvgIpc) is 2.61. The van der Waals surface area contributed by atoms with E-state index in [1.807, 2.05) is 0 Å². The maximum atomic E-state index is 12.1. The number of hydrogen-bond donors (Lipinski definition) is 0. The number of benzene rings is 2.